The summed E-state index contributed by atoms with van der Waals surface area (Å²) in [5, 5.41) is 7.00. The number of nitrogens with one attached hydrogen (secondary N) is 2. The van der Waals surface area contributed by atoms with Gasteiger partial charge in [-0.2, -0.15) is 0 Å². The van der Waals surface area contributed by atoms with Gasteiger partial charge >= 0.3 is 0 Å². The normalized spacial score (nSPS) is 24.3. The van der Waals surface area contributed by atoms with E-state index >= 15 is 0 Å². The van der Waals surface area contributed by atoms with Crippen LogP contribution in [0.2, 0.25) is 0 Å². The second-order valence-electron chi connectivity index (χ2n) is 4.62. The van der Waals surface area contributed by atoms with Gasteiger partial charge in [0, 0.05) is 30.6 Å². The minimum absolute atomic E-state index is 0.506. The summed E-state index contributed by atoms with van der Waals surface area (Å²) in [5.41, 5.74) is 1.20. The van der Waals surface area contributed by atoms with Crippen molar-refractivity contribution in [3.63, 3.8) is 0 Å². The molecule has 0 bridgehead atoms. The zero-order valence-corrected chi connectivity index (χ0v) is 10.4. The standard InChI is InChI=1S/C13H22N2O2/c1-2-4-15-13-10-17-9-12(13)7-14-6-11-3-5-16-8-11/h3,5,8,12-15H,2,4,6-7,9-10H2,1H3. The monoisotopic (exact) mass is 238 g/mol. The third-order valence-corrected chi connectivity index (χ3v) is 3.17. The van der Waals surface area contributed by atoms with Crippen LogP contribution in [-0.2, 0) is 11.3 Å². The fourth-order valence-corrected chi connectivity index (χ4v) is 2.15. The van der Waals surface area contributed by atoms with E-state index in [2.05, 4.69) is 17.6 Å². The molecular formula is C13H22N2O2. The molecule has 0 aliphatic carbocycles. The van der Waals surface area contributed by atoms with Gasteiger partial charge in [0.25, 0.3) is 0 Å². The maximum atomic E-state index is 5.53. The summed E-state index contributed by atoms with van der Waals surface area (Å²) in [5.74, 6) is 0.577. The van der Waals surface area contributed by atoms with Gasteiger partial charge in [-0.1, -0.05) is 6.92 Å². The van der Waals surface area contributed by atoms with Gasteiger partial charge in [0.05, 0.1) is 25.7 Å². The molecule has 4 heteroatoms. The molecule has 2 atom stereocenters. The van der Waals surface area contributed by atoms with Crippen molar-refractivity contribution in [3.05, 3.63) is 24.2 Å². The lowest BCUT2D eigenvalue weighted by Gasteiger charge is -2.19. The predicted octanol–water partition coefficient (Wildman–Crippen LogP) is 1.38. The van der Waals surface area contributed by atoms with Gasteiger partial charge in [0.15, 0.2) is 0 Å². The van der Waals surface area contributed by atoms with E-state index in [1.165, 1.54) is 12.0 Å². The Hall–Kier alpha value is -0.840. The van der Waals surface area contributed by atoms with Crippen LogP contribution in [0.4, 0.5) is 0 Å². The van der Waals surface area contributed by atoms with Gasteiger partial charge in [-0.25, -0.2) is 0 Å². The lowest BCUT2D eigenvalue weighted by molar-refractivity contribution is 0.182. The van der Waals surface area contributed by atoms with Crippen LogP contribution in [0.1, 0.15) is 18.9 Å². The molecule has 2 N–H and O–H groups in total. The van der Waals surface area contributed by atoms with Crippen LogP contribution in [-0.4, -0.2) is 32.3 Å². The molecule has 1 aliphatic rings. The van der Waals surface area contributed by atoms with Crippen LogP contribution in [0.5, 0.6) is 0 Å². The van der Waals surface area contributed by atoms with Crippen molar-refractivity contribution in [2.45, 2.75) is 25.9 Å². The fraction of sp³-hybridized carbons (Fsp3) is 0.692. The van der Waals surface area contributed by atoms with E-state index < -0.39 is 0 Å². The number of furan rings is 1. The number of ether oxygens (including phenoxy) is 1. The first kappa shape index (κ1) is 12.6. The quantitative estimate of drug-likeness (QED) is 0.753. The van der Waals surface area contributed by atoms with Crippen LogP contribution in [0, 0.1) is 5.92 Å². The summed E-state index contributed by atoms with van der Waals surface area (Å²) in [6.07, 6.45) is 4.66. The number of rotatable bonds is 7. The third kappa shape index (κ3) is 3.84. The van der Waals surface area contributed by atoms with Gasteiger partial charge < -0.3 is 19.8 Å². The lowest BCUT2D eigenvalue weighted by Crippen LogP contribution is -2.40. The van der Waals surface area contributed by atoms with Crippen molar-refractivity contribution in [3.8, 4) is 0 Å². The minimum Gasteiger partial charge on any atom is -0.472 e. The van der Waals surface area contributed by atoms with Gasteiger partial charge in [-0.05, 0) is 19.0 Å². The van der Waals surface area contributed by atoms with E-state index in [9.17, 15) is 0 Å². The Labute approximate surface area is 103 Å². The van der Waals surface area contributed by atoms with E-state index in [0.717, 1.165) is 32.8 Å². The predicted molar refractivity (Wildman–Crippen MR) is 66.8 cm³/mol. The molecule has 96 valence electrons. The van der Waals surface area contributed by atoms with Crippen molar-refractivity contribution in [1.82, 2.24) is 10.6 Å². The molecule has 2 rings (SSSR count). The van der Waals surface area contributed by atoms with Gasteiger partial charge in [-0.3, -0.25) is 0 Å². The fourth-order valence-electron chi connectivity index (χ4n) is 2.15. The van der Waals surface area contributed by atoms with E-state index in [0.29, 0.717) is 12.0 Å². The summed E-state index contributed by atoms with van der Waals surface area (Å²) >= 11 is 0. The molecule has 1 aliphatic heterocycles. The molecule has 0 radical (unpaired) electrons. The Morgan fingerprint density at radius 2 is 2.35 bits per heavy atom. The zero-order chi connectivity index (χ0) is 11.9. The van der Waals surface area contributed by atoms with Crippen LogP contribution < -0.4 is 10.6 Å². The van der Waals surface area contributed by atoms with Crippen LogP contribution in [0.3, 0.4) is 0 Å². The Kier molecular flexibility index (Phi) is 5.04. The molecule has 0 spiro atoms. The molecule has 1 fully saturated rings. The Morgan fingerprint density at radius 1 is 1.41 bits per heavy atom. The largest absolute Gasteiger partial charge is 0.472 e. The highest BCUT2D eigenvalue weighted by molar-refractivity contribution is 5.04. The smallest absolute Gasteiger partial charge is 0.0947 e. The minimum atomic E-state index is 0.506. The molecule has 2 unspecified atom stereocenters. The Morgan fingerprint density at radius 3 is 3.12 bits per heavy atom. The molecule has 17 heavy (non-hydrogen) atoms. The highest BCUT2D eigenvalue weighted by Gasteiger charge is 2.26. The second kappa shape index (κ2) is 6.79. The molecule has 4 nitrogen and oxygen atoms in total. The molecule has 0 amide bonds. The lowest BCUT2D eigenvalue weighted by atomic mass is 10.0. The molecule has 2 heterocycles. The average Bonchev–Trinajstić information content (AvgIpc) is 2.98. The first-order valence-electron chi connectivity index (χ1n) is 6.43. The van der Waals surface area contributed by atoms with Gasteiger partial charge in [0.2, 0.25) is 0 Å². The summed E-state index contributed by atoms with van der Waals surface area (Å²) in [7, 11) is 0. The van der Waals surface area contributed by atoms with E-state index in [1.54, 1.807) is 12.5 Å². The van der Waals surface area contributed by atoms with Crippen molar-refractivity contribution in [1.29, 1.82) is 0 Å². The summed E-state index contributed by atoms with van der Waals surface area (Å²) < 4.78 is 10.6. The molecular weight excluding hydrogens is 216 g/mol. The van der Waals surface area contributed by atoms with Gasteiger partial charge in [0.1, 0.15) is 0 Å². The van der Waals surface area contributed by atoms with Crippen molar-refractivity contribution in [2.75, 3.05) is 26.3 Å². The van der Waals surface area contributed by atoms with Crippen LogP contribution in [0.15, 0.2) is 23.0 Å². The van der Waals surface area contributed by atoms with Crippen LogP contribution in [0.25, 0.3) is 0 Å². The molecule has 0 aromatic carbocycles. The third-order valence-electron chi connectivity index (χ3n) is 3.17. The van der Waals surface area contributed by atoms with E-state index in [1.807, 2.05) is 6.07 Å². The summed E-state index contributed by atoms with van der Waals surface area (Å²) in [6, 6.07) is 2.50. The molecule has 0 saturated carbocycles. The Balaban J connectivity index is 1.67. The van der Waals surface area contributed by atoms with E-state index in [4.69, 9.17) is 9.15 Å². The highest BCUT2D eigenvalue weighted by Crippen LogP contribution is 2.13. The van der Waals surface area contributed by atoms with Crippen molar-refractivity contribution in [2.24, 2.45) is 5.92 Å². The summed E-state index contributed by atoms with van der Waals surface area (Å²) in [6.45, 7) is 6.83. The topological polar surface area (TPSA) is 46.4 Å². The number of hydrogen-bond acceptors (Lipinski definition) is 4. The first-order valence-corrected chi connectivity index (χ1v) is 6.43. The molecule has 1 aromatic heterocycles. The maximum Gasteiger partial charge on any atom is 0.0947 e. The highest BCUT2D eigenvalue weighted by atomic mass is 16.5. The van der Waals surface area contributed by atoms with Crippen molar-refractivity contribution < 1.29 is 9.15 Å². The first-order chi connectivity index (χ1) is 8.40. The summed E-state index contributed by atoms with van der Waals surface area (Å²) in [4.78, 5) is 0. The Bertz CT molecular complexity index is 300. The van der Waals surface area contributed by atoms with Crippen molar-refractivity contribution >= 4 is 0 Å². The molecule has 1 aromatic rings. The second-order valence-corrected chi connectivity index (χ2v) is 4.62. The zero-order valence-electron chi connectivity index (χ0n) is 10.4. The van der Waals surface area contributed by atoms with Crippen LogP contribution >= 0.6 is 0 Å². The van der Waals surface area contributed by atoms with Gasteiger partial charge in [-0.15, -0.1) is 0 Å². The number of hydrogen-bond donors (Lipinski definition) is 2. The van der Waals surface area contributed by atoms with E-state index in [-0.39, 0.29) is 0 Å². The SMILES string of the molecule is CCCNC1COCC1CNCc1ccoc1. The average molecular weight is 238 g/mol. The maximum absolute atomic E-state index is 5.53. The molecule has 1 saturated heterocycles.